The summed E-state index contributed by atoms with van der Waals surface area (Å²) in [5, 5.41) is 0. The Kier molecular flexibility index (Phi) is 11.4. The number of halogens is 2. The van der Waals surface area contributed by atoms with Gasteiger partial charge in [0.2, 0.25) is 5.82 Å². The van der Waals surface area contributed by atoms with Crippen LogP contribution in [0.4, 0.5) is 8.78 Å². The number of aryl methyl sites for hydroxylation is 1. The first-order valence-electron chi connectivity index (χ1n) is 15.8. The number of ether oxygens (including phenoxy) is 1. The summed E-state index contributed by atoms with van der Waals surface area (Å²) in [4.78, 5) is 0. The molecule has 3 aliphatic carbocycles. The Hall–Kier alpha value is -1.38. The summed E-state index contributed by atoms with van der Waals surface area (Å²) in [6.45, 7) is 6.39. The molecule has 3 saturated carbocycles. The van der Waals surface area contributed by atoms with E-state index in [0.29, 0.717) is 24.5 Å². The van der Waals surface area contributed by atoms with Gasteiger partial charge in [-0.3, -0.25) is 0 Å². The maximum absolute atomic E-state index is 14.6. The molecule has 0 bridgehead atoms. The quantitative estimate of drug-likeness (QED) is 0.199. The molecule has 4 rings (SSSR count). The Labute approximate surface area is 225 Å². The monoisotopic (exact) mass is 514 g/mol. The van der Waals surface area contributed by atoms with Crippen LogP contribution in [0.5, 0.6) is 5.75 Å². The van der Waals surface area contributed by atoms with Gasteiger partial charge in [-0.25, -0.2) is 4.39 Å². The van der Waals surface area contributed by atoms with Crippen LogP contribution in [-0.2, 0) is 6.42 Å². The molecule has 0 atom stereocenters. The molecule has 0 N–H and O–H groups in total. The molecule has 3 aliphatic rings. The fraction of sp³-hybridized carbons (Fsp3) is 0.765. The van der Waals surface area contributed by atoms with E-state index >= 15 is 0 Å². The highest BCUT2D eigenvalue weighted by molar-refractivity contribution is 5.31. The molecule has 0 aliphatic heterocycles. The molecule has 1 aromatic carbocycles. The van der Waals surface area contributed by atoms with Crippen molar-refractivity contribution in [3.05, 3.63) is 42.0 Å². The van der Waals surface area contributed by atoms with E-state index in [2.05, 4.69) is 19.6 Å². The van der Waals surface area contributed by atoms with E-state index in [4.69, 9.17) is 4.74 Å². The summed E-state index contributed by atoms with van der Waals surface area (Å²) in [6.07, 6.45) is 25.0. The van der Waals surface area contributed by atoms with Gasteiger partial charge in [-0.1, -0.05) is 51.2 Å². The number of rotatable bonds is 12. The topological polar surface area (TPSA) is 9.23 Å². The first kappa shape index (κ1) is 28.6. The lowest BCUT2D eigenvalue weighted by atomic mass is 9.64. The van der Waals surface area contributed by atoms with Crippen LogP contribution < -0.4 is 4.74 Å². The number of unbranched alkanes of at least 4 members (excludes halogenated alkanes) is 1. The second-order valence-corrected chi connectivity index (χ2v) is 12.7. The maximum Gasteiger partial charge on any atom is 0.200 e. The van der Waals surface area contributed by atoms with Crippen molar-refractivity contribution < 1.29 is 13.5 Å². The molecule has 0 heterocycles. The SMILES string of the molecule is C=CCCC1CCC(C2CCC(C3CCC(CCc4ccc(OCCCC)c(F)c4F)CC3)CC2)CC1. The van der Waals surface area contributed by atoms with Gasteiger partial charge in [0.05, 0.1) is 6.61 Å². The van der Waals surface area contributed by atoms with Crippen molar-refractivity contribution in [2.45, 2.75) is 122 Å². The van der Waals surface area contributed by atoms with Crippen molar-refractivity contribution in [1.82, 2.24) is 0 Å². The predicted octanol–water partition coefficient (Wildman–Crippen LogP) is 10.5. The molecule has 0 aromatic heterocycles. The first-order chi connectivity index (χ1) is 18.1. The molecule has 0 unspecified atom stereocenters. The van der Waals surface area contributed by atoms with Crippen molar-refractivity contribution in [1.29, 1.82) is 0 Å². The minimum Gasteiger partial charge on any atom is -0.490 e. The van der Waals surface area contributed by atoms with E-state index in [1.165, 1.54) is 89.9 Å². The highest BCUT2D eigenvalue weighted by Crippen LogP contribution is 2.46. The minimum absolute atomic E-state index is 0.0566. The van der Waals surface area contributed by atoms with Gasteiger partial charge in [-0.05, 0) is 131 Å². The van der Waals surface area contributed by atoms with Gasteiger partial charge in [0.25, 0.3) is 0 Å². The van der Waals surface area contributed by atoms with Crippen molar-refractivity contribution in [2.75, 3.05) is 6.61 Å². The highest BCUT2D eigenvalue weighted by Gasteiger charge is 2.34. The minimum atomic E-state index is -0.811. The van der Waals surface area contributed by atoms with Gasteiger partial charge >= 0.3 is 0 Å². The lowest BCUT2D eigenvalue weighted by Gasteiger charge is -2.41. The lowest BCUT2D eigenvalue weighted by Crippen LogP contribution is -2.29. The number of benzene rings is 1. The molecular weight excluding hydrogens is 462 g/mol. The molecular formula is C34H52F2O. The maximum atomic E-state index is 14.6. The van der Waals surface area contributed by atoms with Crippen molar-refractivity contribution in [3.63, 3.8) is 0 Å². The largest absolute Gasteiger partial charge is 0.490 e. The molecule has 3 heteroatoms. The van der Waals surface area contributed by atoms with Gasteiger partial charge in [0.15, 0.2) is 11.6 Å². The van der Waals surface area contributed by atoms with Crippen LogP contribution in [0, 0.1) is 47.1 Å². The van der Waals surface area contributed by atoms with Crippen molar-refractivity contribution in [2.24, 2.45) is 35.5 Å². The highest BCUT2D eigenvalue weighted by atomic mass is 19.2. The number of hydrogen-bond acceptors (Lipinski definition) is 1. The van der Waals surface area contributed by atoms with Gasteiger partial charge in [-0.15, -0.1) is 6.58 Å². The molecule has 0 amide bonds. The van der Waals surface area contributed by atoms with E-state index in [1.807, 2.05) is 0 Å². The summed E-state index contributed by atoms with van der Waals surface area (Å²) in [6, 6.07) is 3.35. The zero-order valence-electron chi connectivity index (χ0n) is 23.5. The third kappa shape index (κ3) is 8.06. The Balaban J connectivity index is 1.14. The molecule has 208 valence electrons. The Morgan fingerprint density at radius 2 is 1.27 bits per heavy atom. The number of allylic oxidation sites excluding steroid dienone is 1. The van der Waals surface area contributed by atoms with Gasteiger partial charge < -0.3 is 4.74 Å². The molecule has 3 fully saturated rings. The average Bonchev–Trinajstić information content (AvgIpc) is 2.94. The van der Waals surface area contributed by atoms with E-state index < -0.39 is 11.6 Å². The Morgan fingerprint density at radius 3 is 1.78 bits per heavy atom. The molecule has 0 spiro atoms. The zero-order chi connectivity index (χ0) is 26.0. The summed E-state index contributed by atoms with van der Waals surface area (Å²) in [5.41, 5.74) is 0.510. The summed E-state index contributed by atoms with van der Waals surface area (Å²) >= 11 is 0. The summed E-state index contributed by atoms with van der Waals surface area (Å²) in [7, 11) is 0. The first-order valence-corrected chi connectivity index (χ1v) is 15.8. The second-order valence-electron chi connectivity index (χ2n) is 12.7. The average molecular weight is 515 g/mol. The van der Waals surface area contributed by atoms with Crippen LogP contribution in [0.2, 0.25) is 0 Å². The van der Waals surface area contributed by atoms with Crippen LogP contribution in [0.25, 0.3) is 0 Å². The Bertz CT molecular complexity index is 811. The predicted molar refractivity (Wildman–Crippen MR) is 151 cm³/mol. The van der Waals surface area contributed by atoms with Crippen molar-refractivity contribution >= 4 is 0 Å². The van der Waals surface area contributed by atoms with Gasteiger partial charge in [0, 0.05) is 0 Å². The van der Waals surface area contributed by atoms with Crippen LogP contribution in [0.3, 0.4) is 0 Å². The summed E-state index contributed by atoms with van der Waals surface area (Å²) in [5.74, 6) is 3.99. The van der Waals surface area contributed by atoms with Crippen LogP contribution in [0.1, 0.15) is 122 Å². The molecule has 0 radical (unpaired) electrons. The van der Waals surface area contributed by atoms with Gasteiger partial charge in [0.1, 0.15) is 0 Å². The fourth-order valence-corrected chi connectivity index (χ4v) is 7.90. The van der Waals surface area contributed by atoms with E-state index in [9.17, 15) is 8.78 Å². The van der Waals surface area contributed by atoms with Crippen LogP contribution >= 0.6 is 0 Å². The Morgan fingerprint density at radius 1 is 0.757 bits per heavy atom. The van der Waals surface area contributed by atoms with E-state index in [0.717, 1.165) is 48.9 Å². The van der Waals surface area contributed by atoms with Gasteiger partial charge in [-0.2, -0.15) is 4.39 Å². The molecule has 0 saturated heterocycles. The smallest absolute Gasteiger partial charge is 0.200 e. The molecule has 1 nitrogen and oxygen atoms in total. The zero-order valence-corrected chi connectivity index (χ0v) is 23.5. The molecule has 1 aromatic rings. The third-order valence-electron chi connectivity index (χ3n) is 10.4. The second kappa shape index (κ2) is 14.7. The van der Waals surface area contributed by atoms with Crippen molar-refractivity contribution in [3.8, 4) is 5.75 Å². The van der Waals surface area contributed by atoms with Crippen LogP contribution in [0.15, 0.2) is 24.8 Å². The number of hydrogen-bond donors (Lipinski definition) is 0. The summed E-state index contributed by atoms with van der Waals surface area (Å²) < 4.78 is 34.4. The van der Waals surface area contributed by atoms with Crippen LogP contribution in [-0.4, -0.2) is 6.61 Å². The van der Waals surface area contributed by atoms with E-state index in [-0.39, 0.29) is 5.75 Å². The fourth-order valence-electron chi connectivity index (χ4n) is 7.90. The standard InChI is InChI=1S/C34H52F2O/c1-3-5-7-25-8-13-27(14-9-25)29-18-20-30(21-19-29)28-15-10-26(11-16-28)12-17-31-22-23-32(34(36)33(31)35)37-24-6-4-2/h3,22-23,25-30H,1,4-21,24H2,2H3. The third-order valence-corrected chi connectivity index (χ3v) is 10.4. The molecule has 37 heavy (non-hydrogen) atoms. The normalized spacial score (nSPS) is 30.7. The van der Waals surface area contributed by atoms with E-state index in [1.54, 1.807) is 12.1 Å². The lowest BCUT2D eigenvalue weighted by molar-refractivity contribution is 0.103.